The third-order valence-electron chi connectivity index (χ3n) is 6.32. The number of aromatic nitrogens is 2. The summed E-state index contributed by atoms with van der Waals surface area (Å²) in [5.74, 6) is 3.83. The maximum atomic E-state index is 5.80. The topological polar surface area (TPSA) is 39.1 Å². The van der Waals surface area contributed by atoms with Crippen LogP contribution < -0.4 is 10.1 Å². The molecule has 4 heteroatoms. The molecule has 0 radical (unpaired) electrons. The molecule has 1 aliphatic carbocycles. The van der Waals surface area contributed by atoms with Crippen LogP contribution in [-0.2, 0) is 0 Å². The standard InChI is InChI=1S/C26H35N3O/c1-6-30-23-11-12-24-25(16-23)29(22-14-18(4)13-19(5)15-22)26(28-24)27-21-9-7-20(8-10-21)17(2)3/h7-12,16-19,22H,6,13-15H2,1-5H3,(H,27,28). The van der Waals surface area contributed by atoms with E-state index >= 15 is 0 Å². The number of benzene rings is 2. The molecule has 1 heterocycles. The zero-order valence-corrected chi connectivity index (χ0v) is 19.0. The molecule has 2 atom stereocenters. The summed E-state index contributed by atoms with van der Waals surface area (Å²) >= 11 is 0. The van der Waals surface area contributed by atoms with Gasteiger partial charge in [-0.25, -0.2) is 4.98 Å². The normalized spacial score (nSPS) is 21.9. The molecule has 4 rings (SSSR count). The van der Waals surface area contributed by atoms with Crippen molar-refractivity contribution < 1.29 is 4.74 Å². The molecular weight excluding hydrogens is 370 g/mol. The van der Waals surface area contributed by atoms with Gasteiger partial charge in [-0.15, -0.1) is 0 Å². The molecule has 4 nitrogen and oxygen atoms in total. The summed E-state index contributed by atoms with van der Waals surface area (Å²) in [5.41, 5.74) is 4.61. The Bertz CT molecular complexity index is 979. The summed E-state index contributed by atoms with van der Waals surface area (Å²) in [6, 6.07) is 15.4. The first-order valence-corrected chi connectivity index (χ1v) is 11.5. The van der Waals surface area contributed by atoms with Gasteiger partial charge in [0.05, 0.1) is 17.6 Å². The van der Waals surface area contributed by atoms with Gasteiger partial charge in [-0.2, -0.15) is 0 Å². The molecule has 1 aromatic heterocycles. The van der Waals surface area contributed by atoms with E-state index in [0.717, 1.165) is 40.3 Å². The summed E-state index contributed by atoms with van der Waals surface area (Å²) in [4.78, 5) is 4.99. The first-order valence-electron chi connectivity index (χ1n) is 11.5. The van der Waals surface area contributed by atoms with Gasteiger partial charge in [0.15, 0.2) is 0 Å². The van der Waals surface area contributed by atoms with E-state index in [0.29, 0.717) is 18.6 Å². The maximum absolute atomic E-state index is 5.80. The Balaban J connectivity index is 1.75. The van der Waals surface area contributed by atoms with E-state index < -0.39 is 0 Å². The lowest BCUT2D eigenvalue weighted by Gasteiger charge is -2.33. The van der Waals surface area contributed by atoms with Crippen molar-refractivity contribution in [3.05, 3.63) is 48.0 Å². The van der Waals surface area contributed by atoms with Crippen LogP contribution in [0.15, 0.2) is 42.5 Å². The Hall–Kier alpha value is -2.49. The Morgan fingerprint density at radius 3 is 2.37 bits per heavy atom. The number of rotatable bonds is 6. The third-order valence-corrected chi connectivity index (χ3v) is 6.32. The fourth-order valence-electron chi connectivity index (χ4n) is 4.98. The van der Waals surface area contributed by atoms with Crippen molar-refractivity contribution in [3.63, 3.8) is 0 Å². The molecule has 0 spiro atoms. The molecule has 2 aromatic carbocycles. The summed E-state index contributed by atoms with van der Waals surface area (Å²) in [6.07, 6.45) is 3.69. The fourth-order valence-corrected chi connectivity index (χ4v) is 4.98. The molecule has 1 saturated carbocycles. The van der Waals surface area contributed by atoms with Crippen molar-refractivity contribution >= 4 is 22.7 Å². The third kappa shape index (κ3) is 4.33. The van der Waals surface area contributed by atoms with Crippen LogP contribution in [0, 0.1) is 11.8 Å². The molecular formula is C26H35N3O. The average Bonchev–Trinajstić information content (AvgIpc) is 3.05. The predicted octanol–water partition coefficient (Wildman–Crippen LogP) is 7.30. The van der Waals surface area contributed by atoms with E-state index in [4.69, 9.17) is 9.72 Å². The number of hydrogen-bond acceptors (Lipinski definition) is 3. The number of fused-ring (bicyclic) bond motifs is 1. The summed E-state index contributed by atoms with van der Waals surface area (Å²) in [7, 11) is 0. The van der Waals surface area contributed by atoms with Crippen molar-refractivity contribution in [2.45, 2.75) is 65.8 Å². The smallest absolute Gasteiger partial charge is 0.208 e. The lowest BCUT2D eigenvalue weighted by Crippen LogP contribution is -2.23. The Morgan fingerprint density at radius 2 is 1.73 bits per heavy atom. The van der Waals surface area contributed by atoms with Crippen molar-refractivity contribution in [1.29, 1.82) is 0 Å². The monoisotopic (exact) mass is 405 g/mol. The number of hydrogen-bond donors (Lipinski definition) is 1. The summed E-state index contributed by atoms with van der Waals surface area (Å²) in [6.45, 7) is 11.9. The Morgan fingerprint density at radius 1 is 1.03 bits per heavy atom. The van der Waals surface area contributed by atoms with Gasteiger partial charge in [-0.1, -0.05) is 39.8 Å². The van der Waals surface area contributed by atoms with E-state index in [1.807, 2.05) is 13.0 Å². The van der Waals surface area contributed by atoms with Crippen LogP contribution in [0.3, 0.4) is 0 Å². The molecule has 2 unspecified atom stereocenters. The molecule has 0 bridgehead atoms. The van der Waals surface area contributed by atoms with Crippen LogP contribution >= 0.6 is 0 Å². The van der Waals surface area contributed by atoms with Crippen LogP contribution in [0.1, 0.15) is 71.4 Å². The number of nitrogens with one attached hydrogen (secondary N) is 1. The summed E-state index contributed by atoms with van der Waals surface area (Å²) < 4.78 is 8.23. The van der Waals surface area contributed by atoms with Crippen LogP contribution in [-0.4, -0.2) is 16.2 Å². The molecule has 1 fully saturated rings. The number of nitrogens with zero attached hydrogens (tertiary/aromatic N) is 2. The second-order valence-corrected chi connectivity index (χ2v) is 9.36. The quantitative estimate of drug-likeness (QED) is 0.467. The minimum absolute atomic E-state index is 0.447. The number of anilines is 2. The van der Waals surface area contributed by atoms with Gasteiger partial charge in [0.25, 0.3) is 0 Å². The fraction of sp³-hybridized carbons (Fsp3) is 0.500. The van der Waals surface area contributed by atoms with Crippen LogP contribution in [0.5, 0.6) is 5.75 Å². The predicted molar refractivity (Wildman–Crippen MR) is 126 cm³/mol. The van der Waals surface area contributed by atoms with Gasteiger partial charge in [-0.3, -0.25) is 0 Å². The lowest BCUT2D eigenvalue weighted by atomic mass is 9.80. The van der Waals surface area contributed by atoms with Gasteiger partial charge in [0, 0.05) is 17.8 Å². The van der Waals surface area contributed by atoms with Crippen molar-refractivity contribution in [1.82, 2.24) is 9.55 Å². The lowest BCUT2D eigenvalue weighted by molar-refractivity contribution is 0.226. The van der Waals surface area contributed by atoms with Gasteiger partial charge in [0.2, 0.25) is 5.95 Å². The molecule has 3 aromatic rings. The number of imidazole rings is 1. The van der Waals surface area contributed by atoms with Crippen LogP contribution in [0.25, 0.3) is 11.0 Å². The van der Waals surface area contributed by atoms with E-state index in [2.05, 4.69) is 74.0 Å². The van der Waals surface area contributed by atoms with Crippen molar-refractivity contribution in [3.8, 4) is 5.75 Å². The van der Waals surface area contributed by atoms with E-state index in [1.54, 1.807) is 0 Å². The Labute approximate surface area is 180 Å². The molecule has 1 aliphatic rings. The second kappa shape index (κ2) is 8.71. The number of ether oxygens (including phenoxy) is 1. The van der Waals surface area contributed by atoms with E-state index in [9.17, 15) is 0 Å². The van der Waals surface area contributed by atoms with E-state index in [-0.39, 0.29) is 0 Å². The van der Waals surface area contributed by atoms with E-state index in [1.165, 1.54) is 24.8 Å². The maximum Gasteiger partial charge on any atom is 0.208 e. The molecule has 0 saturated heterocycles. The highest BCUT2D eigenvalue weighted by atomic mass is 16.5. The molecule has 160 valence electrons. The van der Waals surface area contributed by atoms with Gasteiger partial charge < -0.3 is 14.6 Å². The highest BCUT2D eigenvalue weighted by Gasteiger charge is 2.28. The molecule has 30 heavy (non-hydrogen) atoms. The SMILES string of the molecule is CCOc1ccc2nc(Nc3ccc(C(C)C)cc3)n(C3CC(C)CC(C)C3)c2c1. The van der Waals surface area contributed by atoms with Crippen molar-refractivity contribution in [2.24, 2.45) is 11.8 Å². The zero-order chi connectivity index (χ0) is 21.3. The largest absolute Gasteiger partial charge is 0.494 e. The van der Waals surface area contributed by atoms with Gasteiger partial charge in [-0.05, 0) is 73.8 Å². The minimum atomic E-state index is 0.447. The zero-order valence-electron chi connectivity index (χ0n) is 19.0. The molecule has 0 aliphatic heterocycles. The van der Waals surface area contributed by atoms with Gasteiger partial charge >= 0.3 is 0 Å². The molecule has 1 N–H and O–H groups in total. The highest BCUT2D eigenvalue weighted by molar-refractivity contribution is 5.81. The van der Waals surface area contributed by atoms with Gasteiger partial charge in [0.1, 0.15) is 5.75 Å². The first kappa shape index (κ1) is 20.8. The van der Waals surface area contributed by atoms with Crippen LogP contribution in [0.4, 0.5) is 11.6 Å². The van der Waals surface area contributed by atoms with Crippen molar-refractivity contribution in [2.75, 3.05) is 11.9 Å². The second-order valence-electron chi connectivity index (χ2n) is 9.36. The Kier molecular flexibility index (Phi) is 6.03. The highest BCUT2D eigenvalue weighted by Crippen LogP contribution is 2.40. The van der Waals surface area contributed by atoms with Crippen LogP contribution in [0.2, 0.25) is 0 Å². The first-order chi connectivity index (χ1) is 14.4. The molecule has 0 amide bonds. The average molecular weight is 406 g/mol. The minimum Gasteiger partial charge on any atom is -0.494 e. The summed E-state index contributed by atoms with van der Waals surface area (Å²) in [5, 5.41) is 3.62.